The second kappa shape index (κ2) is 8.63. The topological polar surface area (TPSA) is 108 Å². The summed E-state index contributed by atoms with van der Waals surface area (Å²) in [7, 11) is 0. The molecule has 2 fully saturated rings. The van der Waals surface area contributed by atoms with Crippen LogP contribution in [0, 0.1) is 0 Å². The van der Waals surface area contributed by atoms with Gasteiger partial charge in [0.25, 0.3) is 11.8 Å². The maximum absolute atomic E-state index is 13.0. The van der Waals surface area contributed by atoms with Gasteiger partial charge >= 0.3 is 5.97 Å². The number of amides is 2. The lowest BCUT2D eigenvalue weighted by Crippen LogP contribution is -2.72. The molecule has 1 aromatic rings. The third kappa shape index (κ3) is 4.60. The van der Waals surface area contributed by atoms with Gasteiger partial charge in [-0.15, -0.1) is 0 Å². The fourth-order valence-corrected chi connectivity index (χ4v) is 5.47. The summed E-state index contributed by atoms with van der Waals surface area (Å²) >= 11 is 15.1. The van der Waals surface area contributed by atoms with Crippen LogP contribution >= 0.6 is 34.8 Å². The molecule has 0 spiro atoms. The standard InChI is InChI=1S/C18H19Cl3N2O6S/c1-17(2)13(16(26)29-9-18(19,20)21)23-14(25)12(15(23)30(17)27)22-11(24)8-28-10-6-4-3-5-7-10/h3-7,12-13,15H,8-9H2,1-2H3,(H,22,24)/t12?,13?,15-,30?/m0/s1. The molecule has 164 valence electrons. The molecule has 2 heterocycles. The van der Waals surface area contributed by atoms with E-state index in [9.17, 15) is 18.9 Å². The van der Waals surface area contributed by atoms with Gasteiger partial charge in [0.05, 0.1) is 0 Å². The van der Waals surface area contributed by atoms with Crippen LogP contribution in [0.5, 0.6) is 5.75 Å². The molecule has 0 bridgehead atoms. The lowest BCUT2D eigenvalue weighted by Gasteiger charge is -2.41. The van der Waals surface area contributed by atoms with Crippen molar-refractivity contribution in [2.24, 2.45) is 0 Å². The number of nitrogens with one attached hydrogen (secondary N) is 1. The maximum Gasteiger partial charge on any atom is 0.334 e. The Morgan fingerprint density at radius 2 is 1.90 bits per heavy atom. The number of ether oxygens (including phenoxy) is 2. The van der Waals surface area contributed by atoms with E-state index in [1.165, 1.54) is 4.90 Å². The predicted octanol–water partition coefficient (Wildman–Crippen LogP) is 1.54. The molecule has 8 nitrogen and oxygen atoms in total. The quantitative estimate of drug-likeness (QED) is 0.276. The molecule has 2 amide bonds. The number of rotatable bonds is 6. The van der Waals surface area contributed by atoms with Gasteiger partial charge < -0.3 is 19.3 Å². The Bertz CT molecular complexity index is 835. The van der Waals surface area contributed by atoms with Crippen LogP contribution in [-0.2, 0) is 30.3 Å². The van der Waals surface area contributed by atoms with Crippen LogP contribution in [0.15, 0.2) is 30.3 Å². The number of halogens is 3. The van der Waals surface area contributed by atoms with Crippen LogP contribution in [0.2, 0.25) is 0 Å². The first-order valence-electron chi connectivity index (χ1n) is 8.87. The Morgan fingerprint density at radius 1 is 1.27 bits per heavy atom. The largest absolute Gasteiger partial charge is 0.614 e. The van der Waals surface area contributed by atoms with Gasteiger partial charge in [-0.25, -0.2) is 4.79 Å². The zero-order valence-electron chi connectivity index (χ0n) is 16.0. The zero-order valence-corrected chi connectivity index (χ0v) is 19.1. The fraction of sp³-hybridized carbons (Fsp3) is 0.500. The summed E-state index contributed by atoms with van der Waals surface area (Å²) in [5.74, 6) is -1.42. The van der Waals surface area contributed by atoms with E-state index in [0.29, 0.717) is 5.75 Å². The Hall–Kier alpha value is -1.39. The van der Waals surface area contributed by atoms with E-state index in [1.807, 2.05) is 0 Å². The lowest BCUT2D eigenvalue weighted by atomic mass is 9.96. The Balaban J connectivity index is 1.64. The van der Waals surface area contributed by atoms with Crippen molar-refractivity contribution in [3.8, 4) is 5.75 Å². The molecular formula is C18H19Cl3N2O6S. The lowest BCUT2D eigenvalue weighted by molar-refractivity contribution is -0.164. The first-order valence-corrected chi connectivity index (χ1v) is 11.2. The Labute approximate surface area is 191 Å². The van der Waals surface area contributed by atoms with E-state index >= 15 is 0 Å². The second-order valence-electron chi connectivity index (χ2n) is 7.31. The van der Waals surface area contributed by atoms with Crippen molar-refractivity contribution in [3.05, 3.63) is 30.3 Å². The molecule has 1 N–H and O–H groups in total. The molecule has 0 aromatic heterocycles. The number of nitrogens with zero attached hydrogens (tertiary/aromatic N) is 1. The van der Waals surface area contributed by atoms with Crippen LogP contribution in [0.1, 0.15) is 13.8 Å². The van der Waals surface area contributed by atoms with Crippen LogP contribution in [-0.4, -0.2) is 66.4 Å². The molecule has 3 rings (SSSR count). The number of hydrogen-bond acceptors (Lipinski definition) is 6. The third-order valence-corrected chi connectivity index (χ3v) is 7.31. The van der Waals surface area contributed by atoms with Gasteiger partial charge in [-0.2, -0.15) is 0 Å². The summed E-state index contributed by atoms with van der Waals surface area (Å²) in [6.45, 7) is 2.32. The molecule has 2 aliphatic rings. The van der Waals surface area contributed by atoms with Crippen LogP contribution in [0.3, 0.4) is 0 Å². The number of carbonyl (C=O) groups excluding carboxylic acids is 3. The van der Waals surface area contributed by atoms with Gasteiger partial charge in [0.2, 0.25) is 9.17 Å². The summed E-state index contributed by atoms with van der Waals surface area (Å²) in [6.07, 6.45) is 0. The fourth-order valence-electron chi connectivity index (χ4n) is 3.39. The molecule has 2 saturated heterocycles. The van der Waals surface area contributed by atoms with Crippen LogP contribution in [0.4, 0.5) is 0 Å². The molecule has 30 heavy (non-hydrogen) atoms. The first-order chi connectivity index (χ1) is 13.9. The average molecular weight is 498 g/mol. The SMILES string of the molecule is CC1(C)C(C(=O)OCC(Cl)(Cl)Cl)N2C(=O)C(NC(=O)COc3ccccc3)[C@@H]2[S+]1[O-]. The molecule has 1 aromatic carbocycles. The summed E-state index contributed by atoms with van der Waals surface area (Å²) in [4.78, 5) is 38.6. The van der Waals surface area contributed by atoms with Gasteiger partial charge in [-0.3, -0.25) is 14.5 Å². The van der Waals surface area contributed by atoms with Crippen molar-refractivity contribution in [2.45, 2.75) is 39.8 Å². The Morgan fingerprint density at radius 3 is 2.50 bits per heavy atom. The molecule has 3 unspecified atom stereocenters. The van der Waals surface area contributed by atoms with Gasteiger partial charge in [0, 0.05) is 0 Å². The van der Waals surface area contributed by atoms with Crippen molar-refractivity contribution in [1.82, 2.24) is 10.2 Å². The average Bonchev–Trinajstić information content (AvgIpc) is 2.87. The number of β-lactam (4-membered cyclic amide) rings is 1. The van der Waals surface area contributed by atoms with Crippen molar-refractivity contribution < 1.29 is 28.4 Å². The number of benzene rings is 1. The van der Waals surface area contributed by atoms with Gasteiger partial charge in [-0.05, 0) is 37.2 Å². The number of carbonyl (C=O) groups is 3. The number of alkyl halides is 3. The number of fused-ring (bicyclic) bond motifs is 1. The van der Waals surface area contributed by atoms with E-state index in [1.54, 1.807) is 44.2 Å². The van der Waals surface area contributed by atoms with Crippen molar-refractivity contribution in [1.29, 1.82) is 0 Å². The molecule has 2 aliphatic heterocycles. The van der Waals surface area contributed by atoms with E-state index in [2.05, 4.69) is 5.32 Å². The highest BCUT2D eigenvalue weighted by atomic mass is 35.6. The number of esters is 1. The molecule has 12 heteroatoms. The maximum atomic E-state index is 13.0. The van der Waals surface area contributed by atoms with Gasteiger partial charge in [0.15, 0.2) is 23.4 Å². The summed E-state index contributed by atoms with van der Waals surface area (Å²) in [5.41, 5.74) is 0. The van der Waals surface area contributed by atoms with E-state index in [0.717, 1.165) is 0 Å². The van der Waals surface area contributed by atoms with E-state index in [4.69, 9.17) is 44.3 Å². The van der Waals surface area contributed by atoms with Crippen molar-refractivity contribution >= 4 is 63.8 Å². The predicted molar refractivity (Wildman–Crippen MR) is 112 cm³/mol. The zero-order chi connectivity index (χ0) is 22.3. The minimum atomic E-state index is -1.81. The molecule has 0 radical (unpaired) electrons. The minimum Gasteiger partial charge on any atom is -0.614 e. The highest BCUT2D eigenvalue weighted by molar-refractivity contribution is 7.94. The van der Waals surface area contributed by atoms with Gasteiger partial charge in [0.1, 0.15) is 12.4 Å². The van der Waals surface area contributed by atoms with E-state index in [-0.39, 0.29) is 6.61 Å². The molecule has 0 aliphatic carbocycles. The summed E-state index contributed by atoms with van der Waals surface area (Å²) in [5, 5.41) is 1.67. The summed E-state index contributed by atoms with van der Waals surface area (Å²) in [6, 6.07) is 6.54. The minimum absolute atomic E-state index is 0.314. The molecule has 4 atom stereocenters. The van der Waals surface area contributed by atoms with E-state index < -0.39 is 61.6 Å². The van der Waals surface area contributed by atoms with Crippen molar-refractivity contribution in [3.63, 3.8) is 0 Å². The second-order valence-corrected chi connectivity index (χ2v) is 12.0. The highest BCUT2D eigenvalue weighted by Gasteiger charge is 2.73. The first kappa shape index (κ1) is 23.3. The molecular weight excluding hydrogens is 479 g/mol. The smallest absolute Gasteiger partial charge is 0.334 e. The number of hydrogen-bond donors (Lipinski definition) is 1. The number of para-hydroxylation sites is 1. The van der Waals surface area contributed by atoms with Crippen LogP contribution in [0.25, 0.3) is 0 Å². The van der Waals surface area contributed by atoms with Crippen LogP contribution < -0.4 is 10.1 Å². The normalized spacial score (nSPS) is 27.1. The van der Waals surface area contributed by atoms with Gasteiger partial charge in [-0.1, -0.05) is 53.0 Å². The highest BCUT2D eigenvalue weighted by Crippen LogP contribution is 2.46. The molecule has 0 saturated carbocycles. The Kier molecular flexibility index (Phi) is 6.69. The monoisotopic (exact) mass is 496 g/mol. The third-order valence-electron chi connectivity index (χ3n) is 4.79. The summed E-state index contributed by atoms with van der Waals surface area (Å²) < 4.78 is 20.4. The van der Waals surface area contributed by atoms with Crippen molar-refractivity contribution in [2.75, 3.05) is 13.2 Å².